The molecule has 0 saturated carbocycles. The fourth-order valence-electron chi connectivity index (χ4n) is 1.43. The first-order valence-electron chi connectivity index (χ1n) is 6.06. The highest BCUT2D eigenvalue weighted by atomic mass is 16.5. The molecule has 0 fully saturated rings. The number of benzene rings is 1. The molecule has 20 heavy (non-hydrogen) atoms. The average molecular weight is 281 g/mol. The molecule has 0 heterocycles. The van der Waals surface area contributed by atoms with Crippen molar-refractivity contribution in [2.24, 2.45) is 0 Å². The van der Waals surface area contributed by atoms with Gasteiger partial charge in [0.2, 0.25) is 0 Å². The van der Waals surface area contributed by atoms with Gasteiger partial charge in [0, 0.05) is 7.05 Å². The Balaban J connectivity index is 2.70. The molecule has 0 saturated heterocycles. The van der Waals surface area contributed by atoms with Crippen molar-refractivity contribution in [1.82, 2.24) is 4.90 Å². The van der Waals surface area contributed by atoms with E-state index in [0.29, 0.717) is 11.5 Å². The van der Waals surface area contributed by atoms with E-state index in [1.54, 1.807) is 24.3 Å². The van der Waals surface area contributed by atoms with Crippen LogP contribution in [0.3, 0.4) is 0 Å². The summed E-state index contributed by atoms with van der Waals surface area (Å²) >= 11 is 0. The van der Waals surface area contributed by atoms with Crippen LogP contribution < -0.4 is 9.47 Å². The van der Waals surface area contributed by atoms with Gasteiger partial charge in [0.25, 0.3) is 5.91 Å². The standard InChI is InChI=1S/C14H19NO5/c1-14(2,13(17)18)15(3)12(16)9-20-11-8-6-5-7-10(11)19-4/h5-8H,9H2,1-4H3,(H,17,18). The summed E-state index contributed by atoms with van der Waals surface area (Å²) in [6.45, 7) is 2.65. The van der Waals surface area contributed by atoms with Gasteiger partial charge in [0.15, 0.2) is 18.1 Å². The second kappa shape index (κ2) is 6.27. The molecule has 1 aromatic rings. The van der Waals surface area contributed by atoms with E-state index >= 15 is 0 Å². The predicted octanol–water partition coefficient (Wildman–Crippen LogP) is 1.40. The minimum absolute atomic E-state index is 0.256. The normalized spacial score (nSPS) is 10.8. The zero-order valence-electron chi connectivity index (χ0n) is 12.0. The fourth-order valence-corrected chi connectivity index (χ4v) is 1.43. The number of hydrogen-bond acceptors (Lipinski definition) is 4. The number of rotatable bonds is 6. The summed E-state index contributed by atoms with van der Waals surface area (Å²) in [5.74, 6) is -0.556. The van der Waals surface area contributed by atoms with Crippen LogP contribution >= 0.6 is 0 Å². The summed E-state index contributed by atoms with van der Waals surface area (Å²) in [7, 11) is 2.94. The van der Waals surface area contributed by atoms with E-state index in [1.807, 2.05) is 0 Å². The van der Waals surface area contributed by atoms with E-state index in [-0.39, 0.29) is 6.61 Å². The van der Waals surface area contributed by atoms with Crippen molar-refractivity contribution in [3.8, 4) is 11.5 Å². The zero-order chi connectivity index (χ0) is 15.3. The lowest BCUT2D eigenvalue weighted by Gasteiger charge is -2.31. The fraction of sp³-hybridized carbons (Fsp3) is 0.429. The Kier molecular flexibility index (Phi) is 4.96. The van der Waals surface area contributed by atoms with Crippen molar-refractivity contribution in [2.75, 3.05) is 20.8 Å². The molecule has 1 N–H and O–H groups in total. The molecule has 1 aromatic carbocycles. The molecule has 0 aliphatic rings. The van der Waals surface area contributed by atoms with E-state index < -0.39 is 17.4 Å². The van der Waals surface area contributed by atoms with Crippen molar-refractivity contribution < 1.29 is 24.2 Å². The van der Waals surface area contributed by atoms with Crippen molar-refractivity contribution in [2.45, 2.75) is 19.4 Å². The molecule has 0 unspecified atom stereocenters. The summed E-state index contributed by atoms with van der Waals surface area (Å²) in [6.07, 6.45) is 0. The maximum Gasteiger partial charge on any atom is 0.329 e. The van der Waals surface area contributed by atoms with Gasteiger partial charge < -0.3 is 19.5 Å². The van der Waals surface area contributed by atoms with Crippen LogP contribution in [0.5, 0.6) is 11.5 Å². The largest absolute Gasteiger partial charge is 0.493 e. The van der Waals surface area contributed by atoms with Gasteiger partial charge in [-0.3, -0.25) is 4.79 Å². The predicted molar refractivity (Wildman–Crippen MR) is 73.0 cm³/mol. The average Bonchev–Trinajstić information content (AvgIpc) is 2.43. The van der Waals surface area contributed by atoms with E-state index in [4.69, 9.17) is 14.6 Å². The summed E-state index contributed by atoms with van der Waals surface area (Å²) in [5.41, 5.74) is -1.29. The quantitative estimate of drug-likeness (QED) is 0.853. The summed E-state index contributed by atoms with van der Waals surface area (Å²) in [5, 5.41) is 9.07. The first kappa shape index (κ1) is 15.8. The highest BCUT2D eigenvalue weighted by Gasteiger charge is 2.35. The molecule has 0 aromatic heterocycles. The number of carboxylic acids is 1. The van der Waals surface area contributed by atoms with Crippen LogP contribution in [0.4, 0.5) is 0 Å². The number of carbonyl (C=O) groups is 2. The Morgan fingerprint density at radius 2 is 1.80 bits per heavy atom. The molecule has 6 heteroatoms. The zero-order valence-corrected chi connectivity index (χ0v) is 12.0. The molecule has 0 aliphatic heterocycles. The lowest BCUT2D eigenvalue weighted by Crippen LogP contribution is -2.52. The number of ether oxygens (including phenoxy) is 2. The SMILES string of the molecule is COc1ccccc1OCC(=O)N(C)C(C)(C)C(=O)O. The van der Waals surface area contributed by atoms with Crippen LogP contribution in [-0.4, -0.2) is 48.2 Å². The number of hydrogen-bond donors (Lipinski definition) is 1. The van der Waals surface area contributed by atoms with Crippen molar-refractivity contribution in [1.29, 1.82) is 0 Å². The van der Waals surface area contributed by atoms with E-state index in [0.717, 1.165) is 4.90 Å². The Morgan fingerprint density at radius 1 is 1.25 bits per heavy atom. The minimum atomic E-state index is -1.29. The molecular weight excluding hydrogens is 262 g/mol. The molecule has 1 amide bonds. The summed E-state index contributed by atoms with van der Waals surface area (Å²) in [4.78, 5) is 24.2. The highest BCUT2D eigenvalue weighted by molar-refractivity contribution is 5.86. The van der Waals surface area contributed by atoms with Crippen LogP contribution in [0.15, 0.2) is 24.3 Å². The number of nitrogens with zero attached hydrogens (tertiary/aromatic N) is 1. The van der Waals surface area contributed by atoms with Gasteiger partial charge >= 0.3 is 5.97 Å². The third kappa shape index (κ3) is 3.40. The van der Waals surface area contributed by atoms with Gasteiger partial charge in [-0.05, 0) is 26.0 Å². The second-order valence-electron chi connectivity index (χ2n) is 4.76. The lowest BCUT2D eigenvalue weighted by molar-refractivity contribution is -0.156. The van der Waals surface area contributed by atoms with Gasteiger partial charge in [-0.2, -0.15) is 0 Å². The van der Waals surface area contributed by atoms with Crippen LogP contribution in [0.25, 0.3) is 0 Å². The second-order valence-corrected chi connectivity index (χ2v) is 4.76. The first-order valence-corrected chi connectivity index (χ1v) is 6.06. The Bertz CT molecular complexity index is 498. The Morgan fingerprint density at radius 3 is 2.30 bits per heavy atom. The summed E-state index contributed by atoms with van der Waals surface area (Å²) in [6, 6.07) is 6.93. The maximum absolute atomic E-state index is 12.0. The molecule has 0 radical (unpaired) electrons. The van der Waals surface area contributed by atoms with Gasteiger partial charge in [-0.1, -0.05) is 12.1 Å². The molecule has 0 spiro atoms. The molecule has 0 aliphatic carbocycles. The Labute approximate surface area is 117 Å². The van der Waals surface area contributed by atoms with Gasteiger partial charge in [0.05, 0.1) is 7.11 Å². The van der Waals surface area contributed by atoms with E-state index in [1.165, 1.54) is 28.0 Å². The Hall–Kier alpha value is -2.24. The first-order chi connectivity index (χ1) is 9.30. The number of amides is 1. The third-order valence-electron chi connectivity index (χ3n) is 3.16. The van der Waals surface area contributed by atoms with Crippen molar-refractivity contribution in [3.63, 3.8) is 0 Å². The lowest BCUT2D eigenvalue weighted by atomic mass is 10.0. The van der Waals surface area contributed by atoms with Crippen molar-refractivity contribution in [3.05, 3.63) is 24.3 Å². The van der Waals surface area contributed by atoms with Crippen molar-refractivity contribution >= 4 is 11.9 Å². The molecule has 0 bridgehead atoms. The third-order valence-corrected chi connectivity index (χ3v) is 3.16. The van der Waals surface area contributed by atoms with Crippen LogP contribution in [-0.2, 0) is 9.59 Å². The monoisotopic (exact) mass is 281 g/mol. The van der Waals surface area contributed by atoms with Crippen LogP contribution in [0.1, 0.15) is 13.8 Å². The molecule has 0 atom stereocenters. The summed E-state index contributed by atoms with van der Waals surface area (Å²) < 4.78 is 10.5. The van der Waals surface area contributed by atoms with Gasteiger partial charge in [-0.15, -0.1) is 0 Å². The number of carboxylic acid groups (broad SMARTS) is 1. The van der Waals surface area contributed by atoms with Gasteiger partial charge in [-0.25, -0.2) is 4.79 Å². The molecule has 110 valence electrons. The molecular formula is C14H19NO5. The number of carbonyl (C=O) groups excluding carboxylic acids is 1. The highest BCUT2D eigenvalue weighted by Crippen LogP contribution is 2.25. The number of methoxy groups -OCH3 is 1. The number of aliphatic carboxylic acids is 1. The van der Waals surface area contributed by atoms with Crippen LogP contribution in [0, 0.1) is 0 Å². The van der Waals surface area contributed by atoms with E-state index in [9.17, 15) is 9.59 Å². The number of likely N-dealkylation sites (N-methyl/N-ethyl adjacent to an activating group) is 1. The molecule has 1 rings (SSSR count). The smallest absolute Gasteiger partial charge is 0.329 e. The number of para-hydroxylation sites is 2. The maximum atomic E-state index is 12.0. The topological polar surface area (TPSA) is 76.1 Å². The van der Waals surface area contributed by atoms with Gasteiger partial charge in [0.1, 0.15) is 5.54 Å². The molecule has 6 nitrogen and oxygen atoms in total. The minimum Gasteiger partial charge on any atom is -0.493 e. The van der Waals surface area contributed by atoms with Crippen LogP contribution in [0.2, 0.25) is 0 Å². The van der Waals surface area contributed by atoms with E-state index in [2.05, 4.69) is 0 Å².